The molecule has 0 heterocycles. The molecule has 0 spiro atoms. The summed E-state index contributed by atoms with van der Waals surface area (Å²) in [5, 5.41) is 0. The first-order valence-corrected chi connectivity index (χ1v) is 28.3. The average molecular weight is 901 g/mol. The van der Waals surface area contributed by atoms with Crippen molar-refractivity contribution in [2.24, 2.45) is 0 Å². The van der Waals surface area contributed by atoms with Crippen molar-refractivity contribution in [2.45, 2.75) is 316 Å². The van der Waals surface area contributed by atoms with Gasteiger partial charge in [-0.3, -0.25) is 14.4 Å². The molecule has 0 N–H and O–H groups in total. The monoisotopic (exact) mass is 901 g/mol. The van der Waals surface area contributed by atoms with Crippen LogP contribution in [0.2, 0.25) is 0 Å². The molecular weight excluding hydrogens is 793 g/mol. The highest BCUT2D eigenvalue weighted by atomic mass is 16.6. The van der Waals surface area contributed by atoms with Crippen molar-refractivity contribution in [3.05, 3.63) is 24.3 Å². The Hall–Kier alpha value is -2.11. The van der Waals surface area contributed by atoms with Gasteiger partial charge in [-0.15, -0.1) is 0 Å². The third-order valence-electron chi connectivity index (χ3n) is 12.7. The second-order valence-corrected chi connectivity index (χ2v) is 19.2. The molecule has 0 fully saturated rings. The molecule has 0 rings (SSSR count). The molecule has 1 atom stereocenters. The van der Waals surface area contributed by atoms with Crippen molar-refractivity contribution in [1.82, 2.24) is 0 Å². The van der Waals surface area contributed by atoms with Crippen LogP contribution >= 0.6 is 0 Å². The molecule has 0 aromatic rings. The van der Waals surface area contributed by atoms with Gasteiger partial charge in [0.2, 0.25) is 0 Å². The molecule has 0 aromatic heterocycles. The quantitative estimate of drug-likeness (QED) is 0.0262. The van der Waals surface area contributed by atoms with Gasteiger partial charge in [-0.2, -0.15) is 0 Å². The fraction of sp³-hybridized carbons (Fsp3) is 0.879. The van der Waals surface area contributed by atoms with E-state index < -0.39 is 6.10 Å². The van der Waals surface area contributed by atoms with Crippen molar-refractivity contribution in [1.29, 1.82) is 0 Å². The smallest absolute Gasteiger partial charge is 0.306 e. The molecule has 376 valence electrons. The maximum absolute atomic E-state index is 12.8. The van der Waals surface area contributed by atoms with E-state index in [0.29, 0.717) is 19.3 Å². The highest BCUT2D eigenvalue weighted by molar-refractivity contribution is 5.71. The first-order chi connectivity index (χ1) is 31.5. The largest absolute Gasteiger partial charge is 0.462 e. The lowest BCUT2D eigenvalue weighted by Crippen LogP contribution is -2.30. The Morgan fingerprint density at radius 3 is 0.781 bits per heavy atom. The Morgan fingerprint density at radius 1 is 0.297 bits per heavy atom. The number of carbonyl (C=O) groups excluding carboxylic acids is 3. The minimum atomic E-state index is -0.772. The standard InChI is InChI=1S/C58H108O6/c1-4-7-10-13-16-19-22-25-28-29-31-33-36-39-42-45-48-51-57(60)63-54-55(53-62-56(59)50-47-44-41-38-35-32-27-24-21-18-15-12-9-6-3)64-58(61)52-49-46-43-40-37-34-30-26-23-20-17-14-11-8-5-2/h24-25,27-28,55H,4-23,26,29-54H2,1-3H3/b27-24+,28-25+/t55-/m1/s1. The van der Waals surface area contributed by atoms with E-state index in [-0.39, 0.29) is 31.1 Å². The third-order valence-corrected chi connectivity index (χ3v) is 12.7. The van der Waals surface area contributed by atoms with Crippen molar-refractivity contribution in [3.63, 3.8) is 0 Å². The molecule has 6 heteroatoms. The highest BCUT2D eigenvalue weighted by Gasteiger charge is 2.19. The Labute approximate surface area is 398 Å². The second-order valence-electron chi connectivity index (χ2n) is 19.2. The van der Waals surface area contributed by atoms with Crippen molar-refractivity contribution in [2.75, 3.05) is 13.2 Å². The number of esters is 3. The molecule has 0 aliphatic rings. The van der Waals surface area contributed by atoms with Crippen LogP contribution in [0.4, 0.5) is 0 Å². The number of allylic oxidation sites excluding steroid dienone is 4. The molecule has 6 nitrogen and oxygen atoms in total. The summed E-state index contributed by atoms with van der Waals surface area (Å²) in [5.41, 5.74) is 0. The lowest BCUT2D eigenvalue weighted by Gasteiger charge is -2.18. The SMILES string of the molecule is CCCCCCC/C=C/CCCCCCCC(=O)OC[C@H](COC(=O)CCCCCCCCC/C=C/CCCCCCCC)OC(=O)CCCCCCCCCCCCCCCCC. The van der Waals surface area contributed by atoms with Crippen LogP contribution in [0.15, 0.2) is 24.3 Å². The fourth-order valence-corrected chi connectivity index (χ4v) is 8.37. The van der Waals surface area contributed by atoms with Crippen LogP contribution in [-0.4, -0.2) is 37.2 Å². The van der Waals surface area contributed by atoms with Gasteiger partial charge in [0.15, 0.2) is 6.10 Å². The van der Waals surface area contributed by atoms with E-state index in [1.54, 1.807) is 0 Å². The summed E-state index contributed by atoms with van der Waals surface area (Å²) in [6.45, 7) is 6.66. The van der Waals surface area contributed by atoms with Crippen molar-refractivity contribution >= 4 is 17.9 Å². The zero-order valence-electron chi connectivity index (χ0n) is 43.1. The summed E-state index contributed by atoms with van der Waals surface area (Å²) in [5.74, 6) is -0.866. The molecule has 0 amide bonds. The molecule has 0 aromatic carbocycles. The molecular formula is C58H108O6. The van der Waals surface area contributed by atoms with Gasteiger partial charge >= 0.3 is 17.9 Å². The van der Waals surface area contributed by atoms with Gasteiger partial charge in [0.1, 0.15) is 13.2 Å². The molecule has 0 aliphatic carbocycles. The zero-order valence-corrected chi connectivity index (χ0v) is 43.1. The summed E-state index contributed by atoms with van der Waals surface area (Å²) in [6.07, 6.45) is 61.6. The van der Waals surface area contributed by atoms with Crippen LogP contribution in [0.1, 0.15) is 310 Å². The Kier molecular flexibility index (Phi) is 51.7. The molecule has 0 radical (unpaired) electrons. The normalized spacial score (nSPS) is 12.1. The van der Waals surface area contributed by atoms with Crippen LogP contribution in [0.25, 0.3) is 0 Å². The van der Waals surface area contributed by atoms with Gasteiger partial charge in [-0.05, 0) is 70.6 Å². The first kappa shape index (κ1) is 61.9. The molecule has 64 heavy (non-hydrogen) atoms. The van der Waals surface area contributed by atoms with Gasteiger partial charge in [0, 0.05) is 19.3 Å². The predicted molar refractivity (Wildman–Crippen MR) is 275 cm³/mol. The van der Waals surface area contributed by atoms with E-state index in [1.165, 1.54) is 205 Å². The van der Waals surface area contributed by atoms with Crippen LogP contribution in [-0.2, 0) is 28.6 Å². The predicted octanol–water partition coefficient (Wildman–Crippen LogP) is 18.7. The van der Waals surface area contributed by atoms with Crippen LogP contribution < -0.4 is 0 Å². The molecule has 0 unspecified atom stereocenters. The summed E-state index contributed by atoms with van der Waals surface area (Å²) in [7, 11) is 0. The number of unbranched alkanes of at least 4 members (excludes halogenated alkanes) is 37. The second kappa shape index (κ2) is 53.5. The van der Waals surface area contributed by atoms with Gasteiger partial charge in [-0.1, -0.05) is 244 Å². The van der Waals surface area contributed by atoms with E-state index in [2.05, 4.69) is 45.1 Å². The van der Waals surface area contributed by atoms with Crippen LogP contribution in [0, 0.1) is 0 Å². The number of carbonyl (C=O) groups is 3. The lowest BCUT2D eigenvalue weighted by atomic mass is 10.0. The number of hydrogen-bond donors (Lipinski definition) is 0. The van der Waals surface area contributed by atoms with E-state index in [0.717, 1.165) is 64.2 Å². The van der Waals surface area contributed by atoms with Gasteiger partial charge in [0.25, 0.3) is 0 Å². The summed E-state index contributed by atoms with van der Waals surface area (Å²) in [6, 6.07) is 0. The topological polar surface area (TPSA) is 78.9 Å². The van der Waals surface area contributed by atoms with Gasteiger partial charge in [-0.25, -0.2) is 0 Å². The number of rotatable bonds is 52. The molecule has 0 aliphatic heterocycles. The Morgan fingerprint density at radius 2 is 0.516 bits per heavy atom. The minimum absolute atomic E-state index is 0.0720. The summed E-state index contributed by atoms with van der Waals surface area (Å²) in [4.78, 5) is 38.1. The van der Waals surface area contributed by atoms with E-state index >= 15 is 0 Å². The van der Waals surface area contributed by atoms with Gasteiger partial charge < -0.3 is 14.2 Å². The molecule has 0 saturated heterocycles. The number of ether oxygens (including phenoxy) is 3. The van der Waals surface area contributed by atoms with Crippen LogP contribution in [0.5, 0.6) is 0 Å². The minimum Gasteiger partial charge on any atom is -0.462 e. The average Bonchev–Trinajstić information content (AvgIpc) is 3.29. The maximum Gasteiger partial charge on any atom is 0.306 e. The molecule has 0 saturated carbocycles. The first-order valence-electron chi connectivity index (χ1n) is 28.3. The molecule has 0 bridgehead atoms. The zero-order chi connectivity index (χ0) is 46.5. The fourth-order valence-electron chi connectivity index (χ4n) is 8.37. The maximum atomic E-state index is 12.8. The number of hydrogen-bond acceptors (Lipinski definition) is 6. The van der Waals surface area contributed by atoms with Crippen LogP contribution in [0.3, 0.4) is 0 Å². The van der Waals surface area contributed by atoms with E-state index in [4.69, 9.17) is 14.2 Å². The summed E-state index contributed by atoms with van der Waals surface area (Å²) < 4.78 is 16.9. The lowest BCUT2D eigenvalue weighted by molar-refractivity contribution is -0.167. The third kappa shape index (κ3) is 50.9. The van der Waals surface area contributed by atoms with Gasteiger partial charge in [0.05, 0.1) is 0 Å². The van der Waals surface area contributed by atoms with Crippen molar-refractivity contribution < 1.29 is 28.6 Å². The van der Waals surface area contributed by atoms with Crippen molar-refractivity contribution in [3.8, 4) is 0 Å². The Balaban J connectivity index is 4.34. The highest BCUT2D eigenvalue weighted by Crippen LogP contribution is 2.16. The van der Waals surface area contributed by atoms with E-state index in [9.17, 15) is 14.4 Å². The Bertz CT molecular complexity index is 1040. The van der Waals surface area contributed by atoms with E-state index in [1.807, 2.05) is 0 Å². The summed E-state index contributed by atoms with van der Waals surface area (Å²) >= 11 is 0.